The summed E-state index contributed by atoms with van der Waals surface area (Å²) in [7, 11) is 0. The summed E-state index contributed by atoms with van der Waals surface area (Å²) >= 11 is 0. The molecule has 0 spiro atoms. The van der Waals surface area contributed by atoms with Gasteiger partial charge in [-0.25, -0.2) is 4.99 Å². The largest absolute Gasteiger partial charge is 0.493 e. The van der Waals surface area contributed by atoms with Crippen molar-refractivity contribution in [1.82, 2.24) is 10.6 Å². The number of aliphatic imine (C=N–C) groups is 1. The first-order valence-corrected chi connectivity index (χ1v) is 7.33. The fraction of sp³-hybridized carbons (Fsp3) is 0.471. The van der Waals surface area contributed by atoms with Gasteiger partial charge in [-0.15, -0.1) is 30.4 Å². The lowest BCUT2D eigenvalue weighted by atomic mass is 10.2. The third-order valence-corrected chi connectivity index (χ3v) is 2.60. The molecule has 5 heteroatoms. The Morgan fingerprint density at radius 1 is 1.36 bits per heavy atom. The highest BCUT2D eigenvalue weighted by Gasteiger charge is 2.00. The van der Waals surface area contributed by atoms with Gasteiger partial charge in [-0.3, -0.25) is 0 Å². The van der Waals surface area contributed by atoms with Gasteiger partial charge in [0.15, 0.2) is 5.96 Å². The Balaban J connectivity index is 0.00000441. The monoisotopic (exact) mass is 415 g/mol. The van der Waals surface area contributed by atoms with Crippen molar-refractivity contribution >= 4 is 29.9 Å². The Morgan fingerprint density at radius 2 is 2.14 bits per heavy atom. The number of hydrogen-bond donors (Lipinski definition) is 2. The molecule has 0 atom stereocenters. The van der Waals surface area contributed by atoms with E-state index in [9.17, 15) is 0 Å². The first-order valence-electron chi connectivity index (χ1n) is 7.33. The van der Waals surface area contributed by atoms with E-state index in [4.69, 9.17) is 11.2 Å². The second-order valence-corrected chi connectivity index (χ2v) is 5.11. The molecule has 22 heavy (non-hydrogen) atoms. The van der Waals surface area contributed by atoms with E-state index in [1.54, 1.807) is 0 Å². The third kappa shape index (κ3) is 8.78. The average Bonchev–Trinajstić information content (AvgIpc) is 2.48. The number of rotatable bonds is 7. The van der Waals surface area contributed by atoms with Gasteiger partial charge in [0.2, 0.25) is 0 Å². The summed E-state index contributed by atoms with van der Waals surface area (Å²) in [5.41, 5.74) is 1.11. The standard InChI is InChI=1S/C17H25N3O.HI/c1-5-10-19-17(18-6-2)20-12-15-8-7-9-16(11-15)21-13-14(3)4;/h1,7-9,11,14H,6,10,12-13H2,2-4H3,(H2,18,19,20);1H. The summed E-state index contributed by atoms with van der Waals surface area (Å²) in [6, 6.07) is 8.02. The molecule has 2 N–H and O–H groups in total. The van der Waals surface area contributed by atoms with Crippen LogP contribution in [0.15, 0.2) is 29.3 Å². The van der Waals surface area contributed by atoms with Crippen molar-refractivity contribution in [3.8, 4) is 18.1 Å². The molecule has 0 saturated heterocycles. The second kappa shape index (κ2) is 12.2. The molecule has 0 aromatic heterocycles. The number of nitrogens with one attached hydrogen (secondary N) is 2. The van der Waals surface area contributed by atoms with Crippen LogP contribution < -0.4 is 15.4 Å². The highest BCUT2D eigenvalue weighted by molar-refractivity contribution is 14.0. The predicted molar refractivity (Wildman–Crippen MR) is 104 cm³/mol. The van der Waals surface area contributed by atoms with E-state index in [0.717, 1.165) is 30.4 Å². The van der Waals surface area contributed by atoms with Gasteiger partial charge in [0, 0.05) is 6.54 Å². The van der Waals surface area contributed by atoms with Crippen molar-refractivity contribution in [1.29, 1.82) is 0 Å². The van der Waals surface area contributed by atoms with Gasteiger partial charge in [0.25, 0.3) is 0 Å². The summed E-state index contributed by atoms with van der Waals surface area (Å²) in [4.78, 5) is 4.50. The van der Waals surface area contributed by atoms with Gasteiger partial charge < -0.3 is 15.4 Å². The summed E-state index contributed by atoms with van der Waals surface area (Å²) < 4.78 is 5.72. The Morgan fingerprint density at radius 3 is 2.77 bits per heavy atom. The minimum atomic E-state index is 0. The molecule has 122 valence electrons. The average molecular weight is 415 g/mol. The van der Waals surface area contributed by atoms with Crippen LogP contribution in [0, 0.1) is 18.3 Å². The zero-order chi connectivity index (χ0) is 15.5. The van der Waals surface area contributed by atoms with Crippen LogP contribution in [-0.4, -0.2) is 25.7 Å². The SMILES string of the molecule is C#CCNC(=NCc1cccc(OCC(C)C)c1)NCC.I. The topological polar surface area (TPSA) is 45.7 Å². The van der Waals surface area contributed by atoms with Gasteiger partial charge in [0.1, 0.15) is 5.75 Å². The van der Waals surface area contributed by atoms with Crippen molar-refractivity contribution in [3.63, 3.8) is 0 Å². The molecule has 0 amide bonds. The van der Waals surface area contributed by atoms with Crippen LogP contribution in [0.5, 0.6) is 5.75 Å². The maximum atomic E-state index is 5.72. The predicted octanol–water partition coefficient (Wildman–Crippen LogP) is 3.03. The number of terminal acetylenes is 1. The molecule has 0 aliphatic rings. The fourth-order valence-corrected chi connectivity index (χ4v) is 1.64. The van der Waals surface area contributed by atoms with Crippen molar-refractivity contribution in [3.05, 3.63) is 29.8 Å². The zero-order valence-electron chi connectivity index (χ0n) is 13.6. The number of halogens is 1. The minimum absolute atomic E-state index is 0. The Kier molecular flexibility index (Phi) is 11.4. The Bertz CT molecular complexity index is 495. The molecule has 1 aromatic rings. The highest BCUT2D eigenvalue weighted by atomic mass is 127. The molecule has 0 aliphatic carbocycles. The van der Waals surface area contributed by atoms with Crippen molar-refractivity contribution in [2.75, 3.05) is 19.7 Å². The number of ether oxygens (including phenoxy) is 1. The minimum Gasteiger partial charge on any atom is -0.493 e. The highest BCUT2D eigenvalue weighted by Crippen LogP contribution is 2.15. The van der Waals surface area contributed by atoms with Crippen molar-refractivity contribution in [2.45, 2.75) is 27.3 Å². The van der Waals surface area contributed by atoms with Gasteiger partial charge in [-0.05, 0) is 30.5 Å². The van der Waals surface area contributed by atoms with Crippen LogP contribution in [0.2, 0.25) is 0 Å². The van der Waals surface area contributed by atoms with Crippen LogP contribution in [0.3, 0.4) is 0 Å². The Hall–Kier alpha value is -1.42. The van der Waals surface area contributed by atoms with Crippen molar-refractivity contribution in [2.24, 2.45) is 10.9 Å². The molecule has 0 aliphatic heterocycles. The Labute approximate surface area is 151 Å². The molecule has 0 radical (unpaired) electrons. The number of nitrogens with zero attached hydrogens (tertiary/aromatic N) is 1. The van der Waals surface area contributed by atoms with Crippen LogP contribution >= 0.6 is 24.0 Å². The van der Waals surface area contributed by atoms with Gasteiger partial charge in [-0.2, -0.15) is 0 Å². The van der Waals surface area contributed by atoms with Crippen LogP contribution in [0.1, 0.15) is 26.3 Å². The maximum absolute atomic E-state index is 5.72. The summed E-state index contributed by atoms with van der Waals surface area (Å²) in [6.45, 7) is 8.85. The lowest BCUT2D eigenvalue weighted by molar-refractivity contribution is 0.271. The number of guanidine groups is 1. The molecule has 1 rings (SSSR count). The first kappa shape index (κ1) is 20.6. The van der Waals surface area contributed by atoms with E-state index in [-0.39, 0.29) is 24.0 Å². The third-order valence-electron chi connectivity index (χ3n) is 2.60. The molecule has 0 heterocycles. The molecule has 0 fully saturated rings. The van der Waals surface area contributed by atoms with Gasteiger partial charge >= 0.3 is 0 Å². The van der Waals surface area contributed by atoms with Crippen LogP contribution in [0.25, 0.3) is 0 Å². The van der Waals surface area contributed by atoms with E-state index in [0.29, 0.717) is 19.0 Å². The second-order valence-electron chi connectivity index (χ2n) is 5.11. The maximum Gasteiger partial charge on any atom is 0.192 e. The fourth-order valence-electron chi connectivity index (χ4n) is 1.64. The molecular formula is C17H26IN3O. The number of hydrogen-bond acceptors (Lipinski definition) is 2. The molecule has 0 unspecified atom stereocenters. The van der Waals surface area contributed by atoms with Crippen molar-refractivity contribution < 1.29 is 4.74 Å². The summed E-state index contributed by atoms with van der Waals surface area (Å²) in [6.07, 6.45) is 5.25. The number of benzene rings is 1. The zero-order valence-corrected chi connectivity index (χ0v) is 15.9. The smallest absolute Gasteiger partial charge is 0.192 e. The molecular weight excluding hydrogens is 389 g/mol. The molecule has 0 saturated carbocycles. The molecule has 1 aromatic carbocycles. The van der Waals surface area contributed by atoms with Gasteiger partial charge in [0.05, 0.1) is 19.7 Å². The van der Waals surface area contributed by atoms with Crippen LogP contribution in [0.4, 0.5) is 0 Å². The summed E-state index contributed by atoms with van der Waals surface area (Å²) in [5, 5.41) is 6.22. The lowest BCUT2D eigenvalue weighted by Crippen LogP contribution is -2.37. The first-order chi connectivity index (χ1) is 10.2. The molecule has 4 nitrogen and oxygen atoms in total. The van der Waals surface area contributed by atoms with E-state index in [1.807, 2.05) is 31.2 Å². The van der Waals surface area contributed by atoms with E-state index < -0.39 is 0 Å². The quantitative estimate of drug-likeness (QED) is 0.312. The van der Waals surface area contributed by atoms with E-state index in [1.165, 1.54) is 0 Å². The van der Waals surface area contributed by atoms with Gasteiger partial charge in [-0.1, -0.05) is 31.9 Å². The van der Waals surface area contributed by atoms with E-state index >= 15 is 0 Å². The van der Waals surface area contributed by atoms with Crippen LogP contribution in [-0.2, 0) is 6.54 Å². The van der Waals surface area contributed by atoms with E-state index in [2.05, 4.69) is 35.4 Å². The summed E-state index contributed by atoms with van der Waals surface area (Å²) in [5.74, 6) is 4.67. The lowest BCUT2D eigenvalue weighted by Gasteiger charge is -2.10. The normalized spacial score (nSPS) is 10.6. The molecule has 0 bridgehead atoms.